The van der Waals surface area contributed by atoms with Crippen LogP contribution in [0.5, 0.6) is 0 Å². The molecular formula is C14H10Cl3NO2. The summed E-state index contributed by atoms with van der Waals surface area (Å²) in [6, 6.07) is 9.53. The van der Waals surface area contributed by atoms with E-state index in [2.05, 4.69) is 0 Å². The highest BCUT2D eigenvalue weighted by Gasteiger charge is 2.10. The van der Waals surface area contributed by atoms with Crippen molar-refractivity contribution in [3.63, 3.8) is 0 Å². The second kappa shape index (κ2) is 6.35. The predicted octanol–water partition coefficient (Wildman–Crippen LogP) is 4.59. The van der Waals surface area contributed by atoms with Crippen molar-refractivity contribution in [3.05, 3.63) is 62.6 Å². The van der Waals surface area contributed by atoms with E-state index in [4.69, 9.17) is 45.3 Å². The first-order valence-corrected chi connectivity index (χ1v) is 6.77. The summed E-state index contributed by atoms with van der Waals surface area (Å²) >= 11 is 17.6. The number of nitrogens with two attached hydrogens (primary N) is 1. The average Bonchev–Trinajstić information content (AvgIpc) is 2.40. The Hall–Kier alpha value is -1.42. The van der Waals surface area contributed by atoms with Gasteiger partial charge < -0.3 is 10.5 Å². The molecule has 0 radical (unpaired) electrons. The van der Waals surface area contributed by atoms with Gasteiger partial charge in [0.2, 0.25) is 0 Å². The molecular weight excluding hydrogens is 321 g/mol. The maximum Gasteiger partial charge on any atom is 0.338 e. The van der Waals surface area contributed by atoms with E-state index >= 15 is 0 Å². The first kappa shape index (κ1) is 15.0. The van der Waals surface area contributed by atoms with Crippen LogP contribution in [0.1, 0.15) is 15.9 Å². The monoisotopic (exact) mass is 329 g/mol. The second-order valence-corrected chi connectivity index (χ2v) is 5.30. The Kier molecular flexibility index (Phi) is 4.76. The van der Waals surface area contributed by atoms with Gasteiger partial charge in [-0.25, -0.2) is 4.79 Å². The molecule has 0 saturated carbocycles. The van der Waals surface area contributed by atoms with Gasteiger partial charge in [-0.15, -0.1) is 0 Å². The van der Waals surface area contributed by atoms with Gasteiger partial charge in [-0.05, 0) is 30.3 Å². The highest BCUT2D eigenvalue weighted by molar-refractivity contribution is 6.35. The third-order valence-electron chi connectivity index (χ3n) is 2.61. The Bertz CT molecular complexity index is 659. The first-order valence-electron chi connectivity index (χ1n) is 5.63. The smallest absolute Gasteiger partial charge is 0.338 e. The number of anilines is 1. The van der Waals surface area contributed by atoms with Gasteiger partial charge in [-0.2, -0.15) is 0 Å². The van der Waals surface area contributed by atoms with E-state index in [0.29, 0.717) is 31.9 Å². The van der Waals surface area contributed by atoms with Crippen molar-refractivity contribution >= 4 is 46.5 Å². The lowest BCUT2D eigenvalue weighted by Crippen LogP contribution is -2.06. The minimum absolute atomic E-state index is 0.0529. The third kappa shape index (κ3) is 3.57. The molecule has 0 fully saturated rings. The molecule has 2 rings (SSSR count). The summed E-state index contributed by atoms with van der Waals surface area (Å²) < 4.78 is 5.16. The average molecular weight is 331 g/mol. The van der Waals surface area contributed by atoms with Gasteiger partial charge in [-0.3, -0.25) is 0 Å². The minimum atomic E-state index is -0.501. The number of halogens is 3. The molecule has 6 heteroatoms. The Morgan fingerprint density at radius 1 is 1.05 bits per heavy atom. The van der Waals surface area contributed by atoms with Crippen LogP contribution in [0.2, 0.25) is 15.1 Å². The molecule has 0 bridgehead atoms. The molecule has 20 heavy (non-hydrogen) atoms. The summed E-state index contributed by atoms with van der Waals surface area (Å²) in [5.41, 5.74) is 6.96. The van der Waals surface area contributed by atoms with E-state index in [1.165, 1.54) is 6.07 Å². The number of hydrogen-bond acceptors (Lipinski definition) is 3. The van der Waals surface area contributed by atoms with Crippen molar-refractivity contribution in [1.82, 2.24) is 0 Å². The zero-order valence-electron chi connectivity index (χ0n) is 10.2. The number of benzene rings is 2. The fourth-order valence-corrected chi connectivity index (χ4v) is 2.12. The Labute approximate surface area is 131 Å². The summed E-state index contributed by atoms with van der Waals surface area (Å²) in [6.07, 6.45) is 0. The Morgan fingerprint density at radius 3 is 2.45 bits per heavy atom. The molecule has 2 N–H and O–H groups in total. The molecule has 0 aliphatic rings. The summed E-state index contributed by atoms with van der Waals surface area (Å²) in [5.74, 6) is -0.501. The SMILES string of the molecule is Nc1cc(C(=O)OCc2ccc(Cl)cc2Cl)ccc1Cl. The molecule has 0 saturated heterocycles. The van der Waals surface area contributed by atoms with Crippen LogP contribution in [0.15, 0.2) is 36.4 Å². The lowest BCUT2D eigenvalue weighted by molar-refractivity contribution is 0.0473. The first-order chi connectivity index (χ1) is 9.47. The van der Waals surface area contributed by atoms with Gasteiger partial charge in [0.05, 0.1) is 16.3 Å². The number of esters is 1. The predicted molar refractivity (Wildman–Crippen MR) is 81.4 cm³/mol. The molecule has 2 aromatic rings. The van der Waals surface area contributed by atoms with E-state index in [1.54, 1.807) is 30.3 Å². The topological polar surface area (TPSA) is 52.3 Å². The summed E-state index contributed by atoms with van der Waals surface area (Å²) in [4.78, 5) is 11.9. The van der Waals surface area contributed by atoms with Crippen molar-refractivity contribution in [2.45, 2.75) is 6.61 Å². The molecule has 0 spiro atoms. The van der Waals surface area contributed by atoms with Crippen LogP contribution in [0.25, 0.3) is 0 Å². The highest BCUT2D eigenvalue weighted by Crippen LogP contribution is 2.23. The van der Waals surface area contributed by atoms with Crippen LogP contribution in [0, 0.1) is 0 Å². The number of carbonyl (C=O) groups excluding carboxylic acids is 1. The van der Waals surface area contributed by atoms with Crippen molar-refractivity contribution in [2.24, 2.45) is 0 Å². The third-order valence-corrected chi connectivity index (χ3v) is 3.54. The van der Waals surface area contributed by atoms with Crippen molar-refractivity contribution in [1.29, 1.82) is 0 Å². The fourth-order valence-electron chi connectivity index (χ4n) is 1.54. The van der Waals surface area contributed by atoms with Gasteiger partial charge in [-0.1, -0.05) is 40.9 Å². The quantitative estimate of drug-likeness (QED) is 0.661. The summed E-state index contributed by atoms with van der Waals surface area (Å²) in [6.45, 7) is 0.0529. The molecule has 0 atom stereocenters. The van der Waals surface area contributed by atoms with Crippen LogP contribution in [-0.4, -0.2) is 5.97 Å². The fraction of sp³-hybridized carbons (Fsp3) is 0.0714. The van der Waals surface area contributed by atoms with E-state index < -0.39 is 5.97 Å². The number of ether oxygens (including phenoxy) is 1. The van der Waals surface area contributed by atoms with Crippen LogP contribution in [0.3, 0.4) is 0 Å². The van der Waals surface area contributed by atoms with E-state index in [1.807, 2.05) is 0 Å². The zero-order chi connectivity index (χ0) is 14.7. The number of rotatable bonds is 3. The normalized spacial score (nSPS) is 10.3. The van der Waals surface area contributed by atoms with Gasteiger partial charge in [0.25, 0.3) is 0 Å². The van der Waals surface area contributed by atoms with Crippen molar-refractivity contribution in [2.75, 3.05) is 5.73 Å². The van der Waals surface area contributed by atoms with Crippen LogP contribution >= 0.6 is 34.8 Å². The molecule has 0 aliphatic heterocycles. The van der Waals surface area contributed by atoms with Gasteiger partial charge in [0.15, 0.2) is 0 Å². The minimum Gasteiger partial charge on any atom is -0.457 e. The van der Waals surface area contributed by atoms with Gasteiger partial charge >= 0.3 is 5.97 Å². The zero-order valence-corrected chi connectivity index (χ0v) is 12.5. The Morgan fingerprint density at radius 2 is 1.80 bits per heavy atom. The molecule has 3 nitrogen and oxygen atoms in total. The van der Waals surface area contributed by atoms with E-state index in [9.17, 15) is 4.79 Å². The van der Waals surface area contributed by atoms with Crippen molar-refractivity contribution < 1.29 is 9.53 Å². The molecule has 104 valence electrons. The maximum atomic E-state index is 11.9. The lowest BCUT2D eigenvalue weighted by Gasteiger charge is -2.08. The number of carbonyl (C=O) groups is 1. The Balaban J connectivity index is 2.06. The highest BCUT2D eigenvalue weighted by atomic mass is 35.5. The largest absolute Gasteiger partial charge is 0.457 e. The molecule has 0 amide bonds. The van der Waals surface area contributed by atoms with E-state index in [0.717, 1.165) is 0 Å². The standard InChI is InChI=1S/C14H10Cl3NO2/c15-10-3-1-9(12(17)6-10)7-20-14(19)8-2-4-11(16)13(18)5-8/h1-6H,7,18H2. The summed E-state index contributed by atoms with van der Waals surface area (Å²) in [7, 11) is 0. The van der Waals surface area contributed by atoms with E-state index in [-0.39, 0.29) is 6.61 Å². The molecule has 0 aromatic heterocycles. The summed E-state index contributed by atoms with van der Waals surface area (Å²) in [5, 5.41) is 1.36. The number of nitrogen functional groups attached to an aromatic ring is 1. The van der Waals surface area contributed by atoms with Crippen LogP contribution < -0.4 is 5.73 Å². The maximum absolute atomic E-state index is 11.9. The molecule has 0 unspecified atom stereocenters. The van der Waals surface area contributed by atoms with Crippen LogP contribution in [-0.2, 0) is 11.3 Å². The van der Waals surface area contributed by atoms with Gasteiger partial charge in [0.1, 0.15) is 6.61 Å². The van der Waals surface area contributed by atoms with Crippen molar-refractivity contribution in [3.8, 4) is 0 Å². The van der Waals surface area contributed by atoms with Crippen LogP contribution in [0.4, 0.5) is 5.69 Å². The number of hydrogen-bond donors (Lipinski definition) is 1. The molecule has 0 aliphatic carbocycles. The van der Waals surface area contributed by atoms with Gasteiger partial charge in [0, 0.05) is 15.6 Å². The molecule has 0 heterocycles. The molecule has 2 aromatic carbocycles. The lowest BCUT2D eigenvalue weighted by atomic mass is 10.2. The second-order valence-electron chi connectivity index (χ2n) is 4.05.